The van der Waals surface area contributed by atoms with Crippen molar-refractivity contribution >= 4 is 16.0 Å². The first-order valence-electron chi connectivity index (χ1n) is 6.54. The van der Waals surface area contributed by atoms with Gasteiger partial charge in [0.15, 0.2) is 0 Å². The summed E-state index contributed by atoms with van der Waals surface area (Å²) in [5.74, 6) is -0.658. The molecule has 0 radical (unpaired) electrons. The molecule has 0 bridgehead atoms. The van der Waals surface area contributed by atoms with Gasteiger partial charge in [-0.15, -0.1) is 0 Å². The van der Waals surface area contributed by atoms with Crippen molar-refractivity contribution in [2.75, 3.05) is 5.75 Å². The predicted octanol–water partition coefficient (Wildman–Crippen LogP) is 1.06. The van der Waals surface area contributed by atoms with E-state index in [-0.39, 0.29) is 17.4 Å². The summed E-state index contributed by atoms with van der Waals surface area (Å²) in [7, 11) is -3.42. The lowest BCUT2D eigenvalue weighted by Crippen LogP contribution is -2.52. The fraction of sp³-hybridized carbons (Fsp3) is 0.667. The zero-order valence-electron chi connectivity index (χ0n) is 11.5. The molecule has 8 heteroatoms. The van der Waals surface area contributed by atoms with Crippen molar-refractivity contribution < 1.29 is 18.3 Å². The molecule has 0 saturated heterocycles. The summed E-state index contributed by atoms with van der Waals surface area (Å²) in [6, 6.07) is 0. The van der Waals surface area contributed by atoms with E-state index in [1.807, 2.05) is 13.8 Å². The summed E-state index contributed by atoms with van der Waals surface area (Å²) in [5.41, 5.74) is -0.809. The van der Waals surface area contributed by atoms with Crippen LogP contribution in [0.5, 0.6) is 0 Å². The number of rotatable bonds is 6. The second-order valence-corrected chi connectivity index (χ2v) is 7.43. The molecular formula is C12H19N3O4S. The van der Waals surface area contributed by atoms with E-state index < -0.39 is 21.5 Å². The molecule has 1 saturated carbocycles. The van der Waals surface area contributed by atoms with E-state index in [4.69, 9.17) is 5.11 Å². The molecule has 112 valence electrons. The Morgan fingerprint density at radius 3 is 2.60 bits per heavy atom. The number of aromatic amines is 1. The Hall–Kier alpha value is -1.41. The Balaban J connectivity index is 2.23. The maximum Gasteiger partial charge on any atom is 0.353 e. The van der Waals surface area contributed by atoms with Crippen LogP contribution in [-0.2, 0) is 15.6 Å². The van der Waals surface area contributed by atoms with Gasteiger partial charge in [0, 0.05) is 0 Å². The normalized spacial score (nSPS) is 17.9. The Bertz CT molecular complexity index is 602. The molecule has 1 aliphatic rings. The molecule has 1 fully saturated rings. The van der Waals surface area contributed by atoms with Crippen LogP contribution in [0.3, 0.4) is 0 Å². The number of nitrogens with one attached hydrogen (secondary N) is 2. The molecule has 1 aromatic heterocycles. The van der Waals surface area contributed by atoms with E-state index >= 15 is 0 Å². The largest absolute Gasteiger partial charge is 0.477 e. The van der Waals surface area contributed by atoms with Gasteiger partial charge < -0.3 is 10.1 Å². The third kappa shape index (κ3) is 3.01. The highest BCUT2D eigenvalue weighted by Gasteiger charge is 2.44. The lowest BCUT2D eigenvalue weighted by atomic mass is 9.77. The monoisotopic (exact) mass is 301 g/mol. The lowest BCUT2D eigenvalue weighted by molar-refractivity contribution is 0.0690. The Labute approximate surface area is 117 Å². The van der Waals surface area contributed by atoms with E-state index in [9.17, 15) is 13.2 Å². The second-order valence-electron chi connectivity index (χ2n) is 5.66. The number of carbonyl (C=O) groups is 1. The number of carboxylic acids is 1. The number of sulfonamides is 1. The lowest BCUT2D eigenvalue weighted by Gasteiger charge is -2.40. The first-order valence-corrected chi connectivity index (χ1v) is 8.20. The SMILES string of the molecule is CC(C)CS(=O)(=O)NC1(c2ncc(C(=O)O)[nH]2)CCC1. The third-order valence-corrected chi connectivity index (χ3v) is 5.18. The van der Waals surface area contributed by atoms with Gasteiger partial charge in [-0.2, -0.15) is 0 Å². The van der Waals surface area contributed by atoms with Gasteiger partial charge in [0.25, 0.3) is 0 Å². The highest BCUT2D eigenvalue weighted by atomic mass is 32.2. The van der Waals surface area contributed by atoms with Crippen molar-refractivity contribution in [1.82, 2.24) is 14.7 Å². The van der Waals surface area contributed by atoms with Gasteiger partial charge in [0.2, 0.25) is 10.0 Å². The van der Waals surface area contributed by atoms with Crippen LogP contribution in [-0.4, -0.2) is 35.2 Å². The fourth-order valence-corrected chi connectivity index (χ4v) is 4.23. The molecule has 0 spiro atoms. The highest BCUT2D eigenvalue weighted by Crippen LogP contribution is 2.40. The van der Waals surface area contributed by atoms with Crippen LogP contribution in [0, 0.1) is 5.92 Å². The van der Waals surface area contributed by atoms with Crippen LogP contribution in [0.25, 0.3) is 0 Å². The van der Waals surface area contributed by atoms with Gasteiger partial charge in [-0.25, -0.2) is 22.9 Å². The quantitative estimate of drug-likeness (QED) is 0.727. The van der Waals surface area contributed by atoms with Crippen LogP contribution >= 0.6 is 0 Å². The van der Waals surface area contributed by atoms with Crippen molar-refractivity contribution in [3.05, 3.63) is 17.7 Å². The second kappa shape index (κ2) is 5.17. The van der Waals surface area contributed by atoms with Gasteiger partial charge >= 0.3 is 5.97 Å². The molecule has 1 heterocycles. The summed E-state index contributed by atoms with van der Waals surface area (Å²) in [6.45, 7) is 3.67. The summed E-state index contributed by atoms with van der Waals surface area (Å²) < 4.78 is 26.9. The molecule has 20 heavy (non-hydrogen) atoms. The average Bonchev–Trinajstić information content (AvgIpc) is 2.71. The number of imidazole rings is 1. The summed E-state index contributed by atoms with van der Waals surface area (Å²) in [6.07, 6.45) is 3.34. The fourth-order valence-electron chi connectivity index (χ4n) is 2.37. The number of carboxylic acid groups (broad SMARTS) is 1. The van der Waals surface area contributed by atoms with E-state index in [0.29, 0.717) is 18.7 Å². The van der Waals surface area contributed by atoms with Crippen LogP contribution in [0.1, 0.15) is 49.4 Å². The molecule has 0 atom stereocenters. The first-order chi connectivity index (χ1) is 9.24. The summed E-state index contributed by atoms with van der Waals surface area (Å²) in [4.78, 5) is 17.6. The molecule has 0 aliphatic heterocycles. The number of H-pyrrole nitrogens is 1. The van der Waals surface area contributed by atoms with Crippen LogP contribution in [0.2, 0.25) is 0 Å². The minimum absolute atomic E-state index is 0.0239. The molecule has 1 aromatic rings. The Morgan fingerprint density at radius 2 is 2.20 bits per heavy atom. The maximum absolute atomic E-state index is 12.1. The molecule has 1 aliphatic carbocycles. The van der Waals surface area contributed by atoms with Crippen molar-refractivity contribution in [2.45, 2.75) is 38.6 Å². The molecule has 0 amide bonds. The van der Waals surface area contributed by atoms with Crippen molar-refractivity contribution in [3.63, 3.8) is 0 Å². The maximum atomic E-state index is 12.1. The minimum atomic E-state index is -3.42. The number of aromatic nitrogens is 2. The van der Waals surface area contributed by atoms with Crippen molar-refractivity contribution in [3.8, 4) is 0 Å². The van der Waals surface area contributed by atoms with Crippen molar-refractivity contribution in [1.29, 1.82) is 0 Å². The standard InChI is InChI=1S/C12H19N3O4S/c1-8(2)7-20(18,19)15-12(4-3-5-12)11-13-6-9(14-11)10(16)17/h6,8,15H,3-5,7H2,1-2H3,(H,13,14)(H,16,17). The van der Waals surface area contributed by atoms with Crippen LogP contribution < -0.4 is 4.72 Å². The van der Waals surface area contributed by atoms with Crippen LogP contribution in [0.15, 0.2) is 6.20 Å². The summed E-state index contributed by atoms with van der Waals surface area (Å²) >= 11 is 0. The predicted molar refractivity (Wildman–Crippen MR) is 72.8 cm³/mol. The summed E-state index contributed by atoms with van der Waals surface area (Å²) in [5, 5.41) is 8.90. The topological polar surface area (TPSA) is 112 Å². The average molecular weight is 301 g/mol. The van der Waals surface area contributed by atoms with E-state index in [1.54, 1.807) is 0 Å². The number of nitrogens with zero attached hydrogens (tertiary/aromatic N) is 1. The van der Waals surface area contributed by atoms with Gasteiger partial charge in [0.1, 0.15) is 11.5 Å². The number of hydrogen-bond donors (Lipinski definition) is 3. The van der Waals surface area contributed by atoms with Gasteiger partial charge in [-0.1, -0.05) is 13.8 Å². The molecule has 2 rings (SSSR count). The Kier molecular flexibility index (Phi) is 3.88. The van der Waals surface area contributed by atoms with E-state index in [2.05, 4.69) is 14.7 Å². The Morgan fingerprint density at radius 1 is 1.55 bits per heavy atom. The van der Waals surface area contributed by atoms with E-state index in [0.717, 1.165) is 6.42 Å². The minimum Gasteiger partial charge on any atom is -0.477 e. The van der Waals surface area contributed by atoms with Gasteiger partial charge in [-0.05, 0) is 25.2 Å². The molecule has 3 N–H and O–H groups in total. The molecule has 0 aromatic carbocycles. The highest BCUT2D eigenvalue weighted by molar-refractivity contribution is 7.89. The molecule has 0 unspecified atom stereocenters. The number of aromatic carboxylic acids is 1. The molecule has 7 nitrogen and oxygen atoms in total. The zero-order valence-corrected chi connectivity index (χ0v) is 12.3. The number of hydrogen-bond acceptors (Lipinski definition) is 4. The molecular weight excluding hydrogens is 282 g/mol. The first kappa shape index (κ1) is 15.0. The smallest absolute Gasteiger partial charge is 0.353 e. The van der Waals surface area contributed by atoms with Crippen LogP contribution in [0.4, 0.5) is 0 Å². The van der Waals surface area contributed by atoms with Gasteiger partial charge in [0.05, 0.1) is 17.5 Å². The third-order valence-electron chi connectivity index (χ3n) is 3.37. The van der Waals surface area contributed by atoms with E-state index in [1.165, 1.54) is 6.20 Å². The van der Waals surface area contributed by atoms with Gasteiger partial charge in [-0.3, -0.25) is 0 Å². The zero-order chi connectivity index (χ0) is 15.0. The van der Waals surface area contributed by atoms with Crippen molar-refractivity contribution in [2.24, 2.45) is 5.92 Å².